The molecule has 0 amide bonds. The Balaban J connectivity index is 0.000000108. The first-order valence-corrected chi connectivity index (χ1v) is 51.1. The first-order chi connectivity index (χ1) is 73.9. The topological polar surface area (TPSA) is 53.5 Å². The predicted molar refractivity (Wildman–Crippen MR) is 630 cm³/mol. The molecule has 0 saturated heterocycles. The number of aromatic nitrogens is 6. The summed E-state index contributed by atoms with van der Waals surface area (Å²) in [6.07, 6.45) is 0. The Morgan fingerprint density at radius 1 is 0.121 bits per heavy atom. The Bertz CT molecular complexity index is 9720. The highest BCUT2D eigenvalue weighted by Crippen LogP contribution is 2.50. The van der Waals surface area contributed by atoms with Crippen LogP contribution >= 0.6 is 0 Å². The average Bonchev–Trinajstić information content (AvgIpc) is 1.56. The van der Waals surface area contributed by atoms with Crippen molar-refractivity contribution in [3.05, 3.63) is 558 Å². The van der Waals surface area contributed by atoms with E-state index in [1.54, 1.807) is 0 Å². The molecule has 24 aromatic carbocycles. The second-order valence-corrected chi connectivity index (χ2v) is 38.7. The summed E-state index contributed by atoms with van der Waals surface area (Å²) >= 11 is 0. The number of hydrogen-bond acceptors (Lipinski definition) is 3. The van der Waals surface area contributed by atoms with Crippen LogP contribution in [0.15, 0.2) is 558 Å². The smallest absolute Gasteiger partial charge is 0.0721 e. The summed E-state index contributed by atoms with van der Waals surface area (Å²) in [7, 11) is 0. The Morgan fingerprint density at radius 2 is 0.342 bits per heavy atom. The third-order valence-corrected chi connectivity index (χ3v) is 30.1. The zero-order valence-corrected chi connectivity index (χ0v) is 81.3. The van der Waals surface area contributed by atoms with Gasteiger partial charge in [0.25, 0.3) is 0 Å². The minimum atomic E-state index is 0.936. The van der Waals surface area contributed by atoms with Gasteiger partial charge in [-0.2, -0.15) is 0 Å². The van der Waals surface area contributed by atoms with Crippen molar-refractivity contribution in [3.8, 4) is 129 Å². The zero-order valence-electron chi connectivity index (χ0n) is 81.3. The van der Waals surface area contributed by atoms with E-state index in [1.165, 1.54) is 174 Å². The van der Waals surface area contributed by atoms with E-state index in [0.29, 0.717) is 0 Å². The summed E-state index contributed by atoms with van der Waals surface area (Å²) in [6, 6.07) is 201. The van der Waals surface area contributed by atoms with Crippen molar-refractivity contribution in [2.24, 2.45) is 0 Å². The molecule has 0 aliphatic carbocycles. The lowest BCUT2D eigenvalue weighted by atomic mass is 9.96. The lowest BCUT2D eigenvalue weighted by molar-refractivity contribution is 1.18. The Morgan fingerprint density at radius 3 is 0.671 bits per heavy atom. The molecule has 694 valence electrons. The van der Waals surface area contributed by atoms with Gasteiger partial charge >= 0.3 is 0 Å². The van der Waals surface area contributed by atoms with Gasteiger partial charge in [-0.15, -0.1) is 0 Å². The van der Waals surface area contributed by atoms with Crippen molar-refractivity contribution < 1.29 is 0 Å². The highest BCUT2D eigenvalue weighted by molar-refractivity contribution is 6.32. The van der Waals surface area contributed by atoms with E-state index < -0.39 is 0 Å². The molecule has 6 heterocycles. The minimum absolute atomic E-state index is 0.936. The van der Waals surface area contributed by atoms with Gasteiger partial charge in [-0.25, -0.2) is 15.0 Å². The fraction of sp³-hybridized carbons (Fsp3) is 0. The molecule has 6 heteroatoms. The van der Waals surface area contributed by atoms with E-state index in [-0.39, 0.29) is 0 Å². The average molecular weight is 1890 g/mol. The quantitative estimate of drug-likeness (QED) is 0.116. The molecule has 6 aromatic heterocycles. The number of pyridine rings is 3. The third-order valence-electron chi connectivity index (χ3n) is 30.1. The normalized spacial score (nSPS) is 11.6. The summed E-state index contributed by atoms with van der Waals surface area (Å²) < 4.78 is 7.40. The number of rotatable bonds is 13. The van der Waals surface area contributed by atoms with Crippen molar-refractivity contribution in [1.82, 2.24) is 28.7 Å². The molecule has 0 aliphatic rings. The van der Waals surface area contributed by atoms with Crippen LogP contribution in [0, 0.1) is 0 Å². The van der Waals surface area contributed by atoms with Crippen molar-refractivity contribution in [1.29, 1.82) is 0 Å². The molecule has 0 saturated carbocycles. The van der Waals surface area contributed by atoms with Crippen molar-refractivity contribution in [2.45, 2.75) is 0 Å². The van der Waals surface area contributed by atoms with Crippen molar-refractivity contribution in [3.63, 3.8) is 0 Å². The predicted octanol–water partition coefficient (Wildman–Crippen LogP) is 38.4. The van der Waals surface area contributed by atoms with Crippen LogP contribution in [-0.4, -0.2) is 28.7 Å². The minimum Gasteiger partial charge on any atom is -0.309 e. The molecule has 149 heavy (non-hydrogen) atoms. The van der Waals surface area contributed by atoms with Crippen LogP contribution in [-0.2, 0) is 0 Å². The molecule has 0 radical (unpaired) electrons. The molecule has 6 nitrogen and oxygen atoms in total. The van der Waals surface area contributed by atoms with Gasteiger partial charge in [0.05, 0.1) is 78.6 Å². The lowest BCUT2D eigenvalue weighted by Gasteiger charge is -2.16. The summed E-state index contributed by atoms with van der Waals surface area (Å²) in [5, 5.41) is 27.6. The maximum atomic E-state index is 5.35. The van der Waals surface area contributed by atoms with Crippen molar-refractivity contribution >= 4 is 152 Å². The van der Waals surface area contributed by atoms with Crippen LogP contribution in [0.3, 0.4) is 0 Å². The molecule has 0 unspecified atom stereocenters. The largest absolute Gasteiger partial charge is 0.309 e. The van der Waals surface area contributed by atoms with Gasteiger partial charge < -0.3 is 13.7 Å². The standard InChI is InChI=1S/C49H32N2.2C47H30N2/c1-4-14-33(15-5-1)38-28-40(45-32-39(34-16-6-2-7-17-34)31-44(50-45)37-20-8-3-9-21-37)30-41(29-38)51-46-26-24-35-18-10-12-22-42(35)48(46)49-43-23-13-11-19-36(43)25-27-47(49)51;1-3-13-31(14-4-1)35-29-41(34-17-5-2-6-18-34)48-42(30-35)39-22-11-23-40-38(39)21-12-24-43(40)49-44-27-25-32-15-7-9-19-36(32)46(44)47-37-20-10-8-16-33(37)26-28-45(47)49;1-3-13-31(14-4-1)35-29-41(34-17-5-2-6-18-34)48-42(30-35)39-25-28-43(40-22-12-11-21-38(39)40)49-44-26-23-32-15-7-9-19-36(32)46(44)47-37-20-10-8-16-33(37)24-27-45(47)49/h1-32H;2*1-30H. The first-order valence-electron chi connectivity index (χ1n) is 51.1. The lowest BCUT2D eigenvalue weighted by Crippen LogP contribution is -1.97. The van der Waals surface area contributed by atoms with E-state index in [4.69, 9.17) is 15.0 Å². The summed E-state index contributed by atoms with van der Waals surface area (Å²) in [5.74, 6) is 0. The third kappa shape index (κ3) is 15.4. The molecule has 0 N–H and O–H groups in total. The SMILES string of the molecule is c1ccc(-c2cc(-c3cc(-c4ccccc4)cc(-c4ccccc4)n3)cc(-n3c4ccc5ccccc5c4c4c5ccccc5ccc43)c2)cc1.c1ccc(-c2cc(-c3ccccc3)nc(-c3ccc(-n4c5ccc6ccccc6c5c5c6ccccc6ccc54)c4ccccc34)c2)cc1.c1ccc(-c2cc(-c3ccccc3)nc(-c3cccc4c(-n5c6ccc7ccccc7c6c6c7ccccc7ccc65)cccc34)c2)cc1. The van der Waals surface area contributed by atoms with Crippen LogP contribution in [0.2, 0.25) is 0 Å². The molecule has 0 bridgehead atoms. The van der Waals surface area contributed by atoms with Gasteiger partial charge in [0.15, 0.2) is 0 Å². The Labute approximate surface area is 861 Å². The highest BCUT2D eigenvalue weighted by atomic mass is 15.0. The fourth-order valence-electron chi connectivity index (χ4n) is 23.2. The van der Waals surface area contributed by atoms with Gasteiger partial charge in [0.2, 0.25) is 0 Å². The highest BCUT2D eigenvalue weighted by Gasteiger charge is 2.27. The number of hydrogen-bond donors (Lipinski definition) is 0. The first kappa shape index (κ1) is 87.0. The Kier molecular flexibility index (Phi) is 21.5. The van der Waals surface area contributed by atoms with E-state index in [2.05, 4.69) is 572 Å². The van der Waals surface area contributed by atoms with Crippen LogP contribution in [0.25, 0.3) is 281 Å². The maximum Gasteiger partial charge on any atom is 0.0721 e. The van der Waals surface area contributed by atoms with Crippen LogP contribution in [0.4, 0.5) is 0 Å². The summed E-state index contributed by atoms with van der Waals surface area (Å²) in [4.78, 5) is 16.0. The van der Waals surface area contributed by atoms with Crippen LogP contribution < -0.4 is 0 Å². The molecule has 30 aromatic rings. The van der Waals surface area contributed by atoms with E-state index >= 15 is 0 Å². The van der Waals surface area contributed by atoms with E-state index in [0.717, 1.165) is 107 Å². The van der Waals surface area contributed by atoms with Gasteiger partial charge in [-0.3, -0.25) is 0 Å². The second-order valence-electron chi connectivity index (χ2n) is 38.7. The maximum absolute atomic E-state index is 5.35. The summed E-state index contributed by atoms with van der Waals surface area (Å²) in [5.41, 5.74) is 32.2. The summed E-state index contributed by atoms with van der Waals surface area (Å²) in [6.45, 7) is 0. The van der Waals surface area contributed by atoms with Gasteiger partial charge in [-0.05, 0) is 223 Å². The monoisotopic (exact) mass is 1890 g/mol. The number of fused-ring (bicyclic) bond motifs is 23. The van der Waals surface area contributed by atoms with Crippen LogP contribution in [0.5, 0.6) is 0 Å². The molecular formula is C143H92N6. The zero-order chi connectivity index (χ0) is 98.4. The molecule has 0 atom stereocenters. The van der Waals surface area contributed by atoms with E-state index in [9.17, 15) is 0 Å². The van der Waals surface area contributed by atoms with Gasteiger partial charge in [0, 0.05) is 82.2 Å². The van der Waals surface area contributed by atoms with Gasteiger partial charge in [-0.1, -0.05) is 455 Å². The Hall–Kier alpha value is -19.8. The molecule has 0 fully saturated rings. The number of nitrogens with zero attached hydrogens (tertiary/aromatic N) is 6. The van der Waals surface area contributed by atoms with Gasteiger partial charge in [0.1, 0.15) is 0 Å². The fourth-order valence-corrected chi connectivity index (χ4v) is 23.2. The van der Waals surface area contributed by atoms with E-state index in [1.807, 2.05) is 0 Å². The molecule has 0 spiro atoms. The van der Waals surface area contributed by atoms with Crippen molar-refractivity contribution in [2.75, 3.05) is 0 Å². The molecule has 0 aliphatic heterocycles. The molecular weight excluding hydrogens is 1800 g/mol. The molecule has 30 rings (SSSR count). The second kappa shape index (κ2) is 36.9. The number of benzene rings is 24. The van der Waals surface area contributed by atoms with Crippen LogP contribution in [0.1, 0.15) is 0 Å².